The van der Waals surface area contributed by atoms with E-state index in [9.17, 15) is 9.18 Å². The Bertz CT molecular complexity index is 1140. The topological polar surface area (TPSA) is 34.9 Å². The zero-order chi connectivity index (χ0) is 18.1. The monoisotopic (exact) mass is 446 g/mol. The zero-order valence-corrected chi connectivity index (χ0v) is 16.6. The van der Waals surface area contributed by atoms with Gasteiger partial charge in [0, 0.05) is 10.2 Å². The van der Waals surface area contributed by atoms with Crippen LogP contribution >= 0.6 is 39.0 Å². The number of fused-ring (bicyclic) bond motifs is 1. The smallest absolute Gasteiger partial charge is 0.267 e. The molecule has 0 atom stereocenters. The summed E-state index contributed by atoms with van der Waals surface area (Å²) in [7, 11) is 0. The van der Waals surface area contributed by atoms with Crippen molar-refractivity contribution in [3.63, 3.8) is 0 Å². The van der Waals surface area contributed by atoms with Gasteiger partial charge in [0.2, 0.25) is 0 Å². The molecule has 0 amide bonds. The number of nitrogens with zero attached hydrogens (tertiary/aromatic N) is 2. The number of hydrogen-bond acceptors (Lipinski definition) is 4. The molecule has 0 unspecified atom stereocenters. The Kier molecular flexibility index (Phi) is 4.93. The maximum Gasteiger partial charge on any atom is 0.276 e. The van der Waals surface area contributed by atoms with Crippen LogP contribution in [-0.2, 0) is 5.75 Å². The van der Waals surface area contributed by atoms with Crippen molar-refractivity contribution in [1.82, 2.24) is 9.55 Å². The van der Waals surface area contributed by atoms with Gasteiger partial charge in [-0.1, -0.05) is 52.0 Å². The Labute approximate surface area is 165 Å². The van der Waals surface area contributed by atoms with Gasteiger partial charge in [-0.05, 0) is 41.3 Å². The lowest BCUT2D eigenvalue weighted by Crippen LogP contribution is -2.20. The highest BCUT2D eigenvalue weighted by Gasteiger charge is 2.15. The van der Waals surface area contributed by atoms with E-state index in [2.05, 4.69) is 20.9 Å². The van der Waals surface area contributed by atoms with Gasteiger partial charge in [0.25, 0.3) is 5.56 Å². The van der Waals surface area contributed by atoms with Crippen LogP contribution in [0.2, 0.25) is 0 Å². The van der Waals surface area contributed by atoms with E-state index >= 15 is 0 Å². The van der Waals surface area contributed by atoms with Crippen LogP contribution in [0, 0.1) is 5.82 Å². The number of hydrogen-bond donors (Lipinski definition) is 0. The SMILES string of the molecule is O=c1c2sccc2nc(SCc2ccc(Br)cc2F)n1-c1ccccc1. The molecule has 0 aliphatic heterocycles. The van der Waals surface area contributed by atoms with Crippen molar-refractivity contribution >= 4 is 49.2 Å². The van der Waals surface area contributed by atoms with Gasteiger partial charge < -0.3 is 0 Å². The van der Waals surface area contributed by atoms with Crippen LogP contribution in [0.15, 0.2) is 74.4 Å². The van der Waals surface area contributed by atoms with Crippen LogP contribution < -0.4 is 5.56 Å². The van der Waals surface area contributed by atoms with Crippen LogP contribution in [0.3, 0.4) is 0 Å². The summed E-state index contributed by atoms with van der Waals surface area (Å²) in [6.07, 6.45) is 0. The second-order valence-corrected chi connectivity index (χ2v) is 8.30. The van der Waals surface area contributed by atoms with E-state index in [0.29, 0.717) is 31.2 Å². The van der Waals surface area contributed by atoms with Crippen molar-refractivity contribution in [3.8, 4) is 5.69 Å². The molecule has 0 aliphatic rings. The molecule has 0 bridgehead atoms. The Morgan fingerprint density at radius 3 is 2.73 bits per heavy atom. The molecule has 4 aromatic rings. The molecule has 26 heavy (non-hydrogen) atoms. The van der Waals surface area contributed by atoms with E-state index in [1.54, 1.807) is 16.7 Å². The summed E-state index contributed by atoms with van der Waals surface area (Å²) >= 11 is 5.99. The molecular formula is C19H12BrFN2OS2. The van der Waals surface area contributed by atoms with Gasteiger partial charge in [0.15, 0.2) is 5.16 Å². The zero-order valence-electron chi connectivity index (χ0n) is 13.4. The van der Waals surface area contributed by atoms with Crippen molar-refractivity contribution < 1.29 is 4.39 Å². The minimum atomic E-state index is -0.280. The molecule has 0 N–H and O–H groups in total. The number of halogens is 2. The van der Waals surface area contributed by atoms with E-state index in [-0.39, 0.29) is 11.4 Å². The summed E-state index contributed by atoms with van der Waals surface area (Å²) < 4.78 is 17.0. The van der Waals surface area contributed by atoms with Crippen molar-refractivity contribution in [2.24, 2.45) is 0 Å². The molecular weight excluding hydrogens is 435 g/mol. The van der Waals surface area contributed by atoms with Gasteiger partial charge in [-0.15, -0.1) is 11.3 Å². The lowest BCUT2D eigenvalue weighted by molar-refractivity contribution is 0.616. The highest BCUT2D eigenvalue weighted by atomic mass is 79.9. The summed E-state index contributed by atoms with van der Waals surface area (Å²) in [5.41, 5.74) is 1.89. The molecule has 2 heterocycles. The van der Waals surface area contributed by atoms with Crippen LogP contribution in [0.5, 0.6) is 0 Å². The summed E-state index contributed by atoms with van der Waals surface area (Å²) in [5, 5.41) is 2.41. The van der Waals surface area contributed by atoms with E-state index in [4.69, 9.17) is 0 Å². The minimum absolute atomic E-state index is 0.102. The average molecular weight is 447 g/mol. The first-order chi connectivity index (χ1) is 12.6. The average Bonchev–Trinajstić information content (AvgIpc) is 3.11. The third-order valence-electron chi connectivity index (χ3n) is 3.84. The van der Waals surface area contributed by atoms with Crippen molar-refractivity contribution in [2.75, 3.05) is 0 Å². The fraction of sp³-hybridized carbons (Fsp3) is 0.0526. The molecule has 0 saturated carbocycles. The van der Waals surface area contributed by atoms with E-state index in [1.165, 1.54) is 29.2 Å². The maximum absolute atomic E-state index is 14.1. The predicted octanol–water partition coefficient (Wildman–Crippen LogP) is 5.64. The van der Waals surface area contributed by atoms with Gasteiger partial charge >= 0.3 is 0 Å². The summed E-state index contributed by atoms with van der Waals surface area (Å²) in [6.45, 7) is 0. The normalized spacial score (nSPS) is 11.2. The highest BCUT2D eigenvalue weighted by molar-refractivity contribution is 9.10. The fourth-order valence-corrected chi connectivity index (χ4v) is 4.67. The van der Waals surface area contributed by atoms with Crippen LogP contribution in [0.1, 0.15) is 5.56 Å². The number of thiophene rings is 1. The van der Waals surface area contributed by atoms with Crippen molar-refractivity contribution in [2.45, 2.75) is 10.9 Å². The van der Waals surface area contributed by atoms with E-state index < -0.39 is 0 Å². The van der Waals surface area contributed by atoms with Gasteiger partial charge in [0.05, 0.1) is 11.2 Å². The molecule has 4 rings (SSSR count). The standard InChI is InChI=1S/C19H12BrFN2OS2/c20-13-7-6-12(15(21)10-13)11-26-19-22-16-8-9-25-17(16)18(24)23(19)14-4-2-1-3-5-14/h1-10H,11H2. The molecule has 0 fully saturated rings. The number of benzene rings is 2. The predicted molar refractivity (Wildman–Crippen MR) is 109 cm³/mol. The van der Waals surface area contributed by atoms with Crippen molar-refractivity contribution in [1.29, 1.82) is 0 Å². The van der Waals surface area contributed by atoms with E-state index in [0.717, 1.165) is 5.69 Å². The molecule has 130 valence electrons. The summed E-state index contributed by atoms with van der Waals surface area (Å²) in [5.74, 6) is 0.102. The molecule has 2 aromatic carbocycles. The molecule has 0 spiro atoms. The largest absolute Gasteiger partial charge is 0.276 e. The number of rotatable bonds is 4. The quantitative estimate of drug-likeness (QED) is 0.300. The molecule has 7 heteroatoms. The number of thioether (sulfide) groups is 1. The lowest BCUT2D eigenvalue weighted by Gasteiger charge is -2.12. The third kappa shape index (κ3) is 3.34. The van der Waals surface area contributed by atoms with Gasteiger partial charge in [-0.3, -0.25) is 9.36 Å². The lowest BCUT2D eigenvalue weighted by atomic mass is 10.2. The van der Waals surface area contributed by atoms with Crippen LogP contribution in [0.25, 0.3) is 15.9 Å². The summed E-state index contributed by atoms with van der Waals surface area (Å²) in [4.78, 5) is 17.6. The van der Waals surface area contributed by atoms with Crippen LogP contribution in [-0.4, -0.2) is 9.55 Å². The molecule has 3 nitrogen and oxygen atoms in total. The second-order valence-electron chi connectivity index (χ2n) is 5.53. The second kappa shape index (κ2) is 7.34. The molecule has 0 aliphatic carbocycles. The molecule has 2 aromatic heterocycles. The summed E-state index contributed by atoms with van der Waals surface area (Å²) in [6, 6.07) is 16.2. The van der Waals surface area contributed by atoms with E-state index in [1.807, 2.05) is 41.8 Å². The minimum Gasteiger partial charge on any atom is -0.267 e. The highest BCUT2D eigenvalue weighted by Crippen LogP contribution is 2.27. The Hall–Kier alpha value is -1.96. The number of aromatic nitrogens is 2. The van der Waals surface area contributed by atoms with Crippen LogP contribution in [0.4, 0.5) is 4.39 Å². The number of para-hydroxylation sites is 1. The van der Waals surface area contributed by atoms with Gasteiger partial charge in [-0.25, -0.2) is 9.37 Å². The first-order valence-corrected chi connectivity index (χ1v) is 10.4. The first-order valence-electron chi connectivity index (χ1n) is 7.76. The Balaban J connectivity index is 1.79. The molecule has 0 radical (unpaired) electrons. The van der Waals surface area contributed by atoms with Gasteiger partial charge in [-0.2, -0.15) is 0 Å². The van der Waals surface area contributed by atoms with Gasteiger partial charge in [0.1, 0.15) is 10.5 Å². The third-order valence-corrected chi connectivity index (χ3v) is 6.21. The molecule has 0 saturated heterocycles. The Morgan fingerprint density at radius 1 is 1.15 bits per heavy atom. The Morgan fingerprint density at radius 2 is 1.96 bits per heavy atom. The first kappa shape index (κ1) is 17.5. The fourth-order valence-electron chi connectivity index (χ4n) is 2.57. The maximum atomic E-state index is 14.1. The van der Waals surface area contributed by atoms with Crippen molar-refractivity contribution in [3.05, 3.63) is 86.2 Å².